The molecule has 4 heterocycles. The zero-order chi connectivity index (χ0) is 23.5. The molecule has 5 rings (SSSR count). The van der Waals surface area contributed by atoms with Gasteiger partial charge in [-0.1, -0.05) is 29.8 Å². The second kappa shape index (κ2) is 9.59. The van der Waals surface area contributed by atoms with Crippen molar-refractivity contribution >= 4 is 22.8 Å². The molecule has 174 valence electrons. The number of carbonyl (C=O) groups excluding carboxylic acids is 1. The zero-order valence-electron chi connectivity index (χ0n) is 19.3. The SMILES string of the molecule is Cc1cccc(CCCC(=O)c2cc(N3CCC(n4c(=O)[nH]c5ncccc54)CC3)ncn2)c1. The Morgan fingerprint density at radius 3 is 2.76 bits per heavy atom. The summed E-state index contributed by atoms with van der Waals surface area (Å²) in [5.41, 5.74) is 4.30. The number of aryl methyl sites for hydroxylation is 2. The van der Waals surface area contributed by atoms with Crippen molar-refractivity contribution in [2.75, 3.05) is 18.0 Å². The van der Waals surface area contributed by atoms with Gasteiger partial charge in [0.1, 0.15) is 17.8 Å². The molecule has 4 aromatic rings. The van der Waals surface area contributed by atoms with Gasteiger partial charge in [-0.2, -0.15) is 0 Å². The maximum absolute atomic E-state index is 12.8. The van der Waals surface area contributed by atoms with Crippen LogP contribution in [0.2, 0.25) is 0 Å². The quantitative estimate of drug-likeness (QED) is 0.424. The van der Waals surface area contributed by atoms with E-state index in [1.165, 1.54) is 17.5 Å². The first kappa shape index (κ1) is 22.0. The van der Waals surface area contributed by atoms with Crippen LogP contribution >= 0.6 is 0 Å². The van der Waals surface area contributed by atoms with Gasteiger partial charge in [-0.25, -0.2) is 19.7 Å². The van der Waals surface area contributed by atoms with Crippen molar-refractivity contribution in [2.24, 2.45) is 0 Å². The van der Waals surface area contributed by atoms with Gasteiger partial charge in [0, 0.05) is 37.8 Å². The normalized spacial score (nSPS) is 14.6. The van der Waals surface area contributed by atoms with Gasteiger partial charge in [0.25, 0.3) is 0 Å². The number of aromatic amines is 1. The molecule has 1 aromatic carbocycles. The fraction of sp³-hybridized carbons (Fsp3) is 0.346. The molecule has 8 nitrogen and oxygen atoms in total. The summed E-state index contributed by atoms with van der Waals surface area (Å²) in [6.45, 7) is 3.58. The molecule has 8 heteroatoms. The average molecular weight is 457 g/mol. The third-order valence-electron chi connectivity index (χ3n) is 6.53. The number of aromatic nitrogens is 5. The first-order chi connectivity index (χ1) is 16.6. The van der Waals surface area contributed by atoms with Crippen LogP contribution in [0, 0.1) is 6.92 Å². The number of ketones is 1. The van der Waals surface area contributed by atoms with E-state index in [2.05, 4.69) is 56.0 Å². The number of benzene rings is 1. The lowest BCUT2D eigenvalue weighted by atomic mass is 10.0. The van der Waals surface area contributed by atoms with Gasteiger partial charge < -0.3 is 4.90 Å². The van der Waals surface area contributed by atoms with Crippen molar-refractivity contribution in [1.29, 1.82) is 0 Å². The topological polar surface area (TPSA) is 96.8 Å². The number of rotatable bonds is 7. The highest BCUT2D eigenvalue weighted by Gasteiger charge is 2.25. The minimum Gasteiger partial charge on any atom is -0.356 e. The largest absolute Gasteiger partial charge is 0.356 e. The minimum atomic E-state index is -0.118. The standard InChI is InChI=1S/C26H28N6O2/c1-18-5-2-6-19(15-18)7-3-9-23(33)21-16-24(29-17-28-21)31-13-10-20(11-14-31)32-22-8-4-12-27-25(22)30-26(32)34/h2,4-6,8,12,15-17,20H,3,7,9-11,13-14H2,1H3,(H,27,30,34). The summed E-state index contributed by atoms with van der Waals surface area (Å²) in [5, 5.41) is 0. The van der Waals surface area contributed by atoms with Crippen LogP contribution in [0.3, 0.4) is 0 Å². The summed E-state index contributed by atoms with van der Waals surface area (Å²) >= 11 is 0. The maximum Gasteiger partial charge on any atom is 0.327 e. The Labute approximate surface area is 197 Å². The van der Waals surface area contributed by atoms with Crippen LogP contribution in [0.15, 0.2) is 59.8 Å². The number of piperidine rings is 1. The van der Waals surface area contributed by atoms with E-state index in [9.17, 15) is 9.59 Å². The highest BCUT2D eigenvalue weighted by Crippen LogP contribution is 2.27. The summed E-state index contributed by atoms with van der Waals surface area (Å²) in [7, 11) is 0. The van der Waals surface area contributed by atoms with Crippen molar-refractivity contribution < 1.29 is 4.79 Å². The summed E-state index contributed by atoms with van der Waals surface area (Å²) in [6, 6.07) is 14.1. The van der Waals surface area contributed by atoms with Crippen LogP contribution in [-0.2, 0) is 6.42 Å². The number of pyridine rings is 1. The second-order valence-electron chi connectivity index (χ2n) is 8.92. The Balaban J connectivity index is 1.20. The zero-order valence-corrected chi connectivity index (χ0v) is 19.3. The smallest absolute Gasteiger partial charge is 0.327 e. The van der Waals surface area contributed by atoms with Crippen molar-refractivity contribution in [3.63, 3.8) is 0 Å². The molecular formula is C26H28N6O2. The molecule has 0 aliphatic carbocycles. The van der Waals surface area contributed by atoms with Crippen molar-refractivity contribution in [1.82, 2.24) is 24.5 Å². The van der Waals surface area contributed by atoms with E-state index in [0.717, 1.165) is 50.1 Å². The Hall–Kier alpha value is -3.81. The highest BCUT2D eigenvalue weighted by molar-refractivity contribution is 5.94. The molecule has 0 spiro atoms. The van der Waals surface area contributed by atoms with Crippen LogP contribution in [0.5, 0.6) is 0 Å². The van der Waals surface area contributed by atoms with Crippen molar-refractivity contribution in [3.8, 4) is 0 Å². The fourth-order valence-electron chi connectivity index (χ4n) is 4.80. The van der Waals surface area contributed by atoms with E-state index in [1.807, 2.05) is 16.7 Å². The minimum absolute atomic E-state index is 0.0454. The Kier molecular flexibility index (Phi) is 6.20. The molecule has 0 saturated carbocycles. The van der Waals surface area contributed by atoms with Gasteiger partial charge in [0.05, 0.1) is 5.52 Å². The first-order valence-electron chi connectivity index (χ1n) is 11.8. The first-order valence-corrected chi connectivity index (χ1v) is 11.8. The molecular weight excluding hydrogens is 428 g/mol. The molecule has 3 aromatic heterocycles. The van der Waals surface area contributed by atoms with Crippen LogP contribution in [-0.4, -0.2) is 43.4 Å². The Morgan fingerprint density at radius 2 is 1.94 bits per heavy atom. The molecule has 0 radical (unpaired) electrons. The molecule has 34 heavy (non-hydrogen) atoms. The molecule has 0 atom stereocenters. The monoisotopic (exact) mass is 456 g/mol. The van der Waals surface area contributed by atoms with Gasteiger partial charge in [0.2, 0.25) is 0 Å². The van der Waals surface area contributed by atoms with E-state index in [0.29, 0.717) is 17.8 Å². The van der Waals surface area contributed by atoms with E-state index in [-0.39, 0.29) is 17.5 Å². The molecule has 0 unspecified atom stereocenters. The van der Waals surface area contributed by atoms with Gasteiger partial charge in [-0.15, -0.1) is 0 Å². The van der Waals surface area contributed by atoms with Crippen LogP contribution in [0.4, 0.5) is 5.82 Å². The second-order valence-corrected chi connectivity index (χ2v) is 8.92. The van der Waals surface area contributed by atoms with Crippen LogP contribution < -0.4 is 10.6 Å². The number of Topliss-reactive ketones (excluding diaryl/α,β-unsaturated/α-hetero) is 1. The molecule has 0 amide bonds. The van der Waals surface area contributed by atoms with Crippen molar-refractivity contribution in [3.05, 3.63) is 82.3 Å². The number of carbonyl (C=O) groups is 1. The molecule has 0 bridgehead atoms. The Morgan fingerprint density at radius 1 is 1.09 bits per heavy atom. The number of fused-ring (bicyclic) bond motifs is 1. The summed E-state index contributed by atoms with van der Waals surface area (Å²) < 4.78 is 1.82. The predicted octanol–water partition coefficient (Wildman–Crippen LogP) is 3.87. The summed E-state index contributed by atoms with van der Waals surface area (Å²) in [4.78, 5) is 43.2. The highest BCUT2D eigenvalue weighted by atomic mass is 16.1. The number of nitrogens with one attached hydrogen (secondary N) is 1. The fourth-order valence-corrected chi connectivity index (χ4v) is 4.80. The summed E-state index contributed by atoms with van der Waals surface area (Å²) in [6.07, 6.45) is 6.91. The summed E-state index contributed by atoms with van der Waals surface area (Å²) in [5.74, 6) is 0.812. The van der Waals surface area contributed by atoms with Gasteiger partial charge in [-0.3, -0.25) is 14.3 Å². The third-order valence-corrected chi connectivity index (χ3v) is 6.53. The van der Waals surface area contributed by atoms with E-state index in [4.69, 9.17) is 0 Å². The molecule has 1 saturated heterocycles. The predicted molar refractivity (Wildman–Crippen MR) is 131 cm³/mol. The van der Waals surface area contributed by atoms with Crippen LogP contribution in [0.1, 0.15) is 53.3 Å². The number of imidazole rings is 1. The Bertz CT molecular complexity index is 1370. The molecule has 1 N–H and O–H groups in total. The maximum atomic E-state index is 12.8. The number of hydrogen-bond donors (Lipinski definition) is 1. The van der Waals surface area contributed by atoms with Gasteiger partial charge >= 0.3 is 5.69 Å². The van der Waals surface area contributed by atoms with E-state index < -0.39 is 0 Å². The molecule has 1 aliphatic rings. The molecule has 1 aliphatic heterocycles. The number of nitrogens with zero attached hydrogens (tertiary/aromatic N) is 5. The lowest BCUT2D eigenvalue weighted by Crippen LogP contribution is -2.37. The number of H-pyrrole nitrogens is 1. The lowest BCUT2D eigenvalue weighted by molar-refractivity contribution is 0.0975. The van der Waals surface area contributed by atoms with E-state index in [1.54, 1.807) is 12.3 Å². The van der Waals surface area contributed by atoms with Crippen molar-refractivity contribution in [2.45, 2.75) is 45.1 Å². The number of hydrogen-bond acceptors (Lipinski definition) is 6. The lowest BCUT2D eigenvalue weighted by Gasteiger charge is -2.33. The average Bonchev–Trinajstić information content (AvgIpc) is 3.20. The number of anilines is 1. The molecule has 1 fully saturated rings. The van der Waals surface area contributed by atoms with Crippen LogP contribution in [0.25, 0.3) is 11.2 Å². The van der Waals surface area contributed by atoms with E-state index >= 15 is 0 Å². The third kappa shape index (κ3) is 4.62. The van der Waals surface area contributed by atoms with Gasteiger partial charge in [-0.05, 0) is 50.3 Å². The van der Waals surface area contributed by atoms with Gasteiger partial charge in [0.15, 0.2) is 11.4 Å².